The molecule has 0 aliphatic rings. The van der Waals surface area contributed by atoms with Crippen LogP contribution in [0.1, 0.15) is 20.8 Å². The Morgan fingerprint density at radius 3 is 1.79 bits per heavy atom. The highest BCUT2D eigenvalue weighted by atomic mass is 19.1. The molecule has 0 heterocycles. The van der Waals surface area contributed by atoms with Crippen LogP contribution >= 0.6 is 0 Å². The maximum absolute atomic E-state index is 13.6. The Hall–Kier alpha value is -1.26. The summed E-state index contributed by atoms with van der Waals surface area (Å²) in [5, 5.41) is 5.50. The van der Waals surface area contributed by atoms with E-state index in [-0.39, 0.29) is 19.1 Å². The van der Waals surface area contributed by atoms with E-state index < -0.39 is 12.3 Å². The maximum atomic E-state index is 13.6. The van der Waals surface area contributed by atoms with Gasteiger partial charge in [-0.1, -0.05) is 6.58 Å². The first kappa shape index (κ1) is 26.7. The third-order valence-corrected chi connectivity index (χ3v) is 3.45. The van der Waals surface area contributed by atoms with Crippen molar-refractivity contribution in [2.75, 3.05) is 72.6 Å². The summed E-state index contributed by atoms with van der Waals surface area (Å²) in [6.07, 6.45) is -1.85. The number of nitrogens with one attached hydrogen (secondary N) is 2. The molecule has 0 spiro atoms. The highest BCUT2D eigenvalue weighted by molar-refractivity contribution is 5.72. The number of hydrogen-bond acceptors (Lipinski definition) is 7. The van der Waals surface area contributed by atoms with E-state index in [0.29, 0.717) is 52.9 Å². The fourth-order valence-corrected chi connectivity index (χ4v) is 1.90. The fourth-order valence-electron chi connectivity index (χ4n) is 1.90. The minimum absolute atomic E-state index is 0.0500. The molecule has 166 valence electrons. The van der Waals surface area contributed by atoms with Gasteiger partial charge in [-0.3, -0.25) is 4.79 Å². The molecule has 0 fully saturated rings. The molecule has 0 aliphatic carbocycles. The third kappa shape index (κ3) is 19.5. The van der Waals surface area contributed by atoms with Gasteiger partial charge in [-0.15, -0.1) is 0 Å². The Balaban J connectivity index is 3.23. The van der Waals surface area contributed by atoms with Gasteiger partial charge in [-0.2, -0.15) is 0 Å². The van der Waals surface area contributed by atoms with Crippen LogP contribution in [0, 0.1) is 0 Å². The van der Waals surface area contributed by atoms with Crippen LogP contribution in [0.5, 0.6) is 0 Å². The van der Waals surface area contributed by atoms with Gasteiger partial charge < -0.3 is 34.3 Å². The zero-order valence-electron chi connectivity index (χ0n) is 17.5. The number of carbonyl (C=O) groups excluding carboxylic acids is 1. The lowest BCUT2D eigenvalue weighted by molar-refractivity contribution is -0.119. The molecular formula is C19H37FN2O6. The molecule has 2 N–H and O–H groups in total. The van der Waals surface area contributed by atoms with E-state index in [1.165, 1.54) is 6.92 Å². The van der Waals surface area contributed by atoms with Gasteiger partial charge in [0.25, 0.3) is 0 Å². The molecule has 0 saturated heterocycles. The maximum Gasteiger partial charge on any atom is 0.216 e. The average molecular weight is 409 g/mol. The van der Waals surface area contributed by atoms with E-state index in [4.69, 9.17) is 23.7 Å². The minimum atomic E-state index is -1.24. The quantitative estimate of drug-likeness (QED) is 0.291. The molecule has 0 radical (unpaired) electrons. The van der Waals surface area contributed by atoms with Crippen molar-refractivity contribution < 1.29 is 32.9 Å². The smallest absolute Gasteiger partial charge is 0.216 e. The van der Waals surface area contributed by atoms with Crippen molar-refractivity contribution in [2.24, 2.45) is 0 Å². The Bertz CT molecular complexity index is 401. The molecule has 2 unspecified atom stereocenters. The Kier molecular flexibility index (Phi) is 18.2. The highest BCUT2D eigenvalue weighted by Gasteiger charge is 2.16. The Morgan fingerprint density at radius 2 is 1.32 bits per heavy atom. The zero-order valence-corrected chi connectivity index (χ0v) is 17.5. The van der Waals surface area contributed by atoms with Gasteiger partial charge in [0, 0.05) is 19.2 Å². The van der Waals surface area contributed by atoms with Crippen molar-refractivity contribution in [2.45, 2.75) is 33.0 Å². The van der Waals surface area contributed by atoms with Gasteiger partial charge in [0.15, 0.2) is 0 Å². The predicted octanol–water partition coefficient (Wildman–Crippen LogP) is 1.06. The number of alkyl halides is 1. The normalized spacial score (nSPS) is 13.1. The number of ether oxygens (including phenoxy) is 5. The number of rotatable bonds is 20. The molecule has 1 amide bonds. The van der Waals surface area contributed by atoms with Gasteiger partial charge in [-0.05, 0) is 13.8 Å². The number of allylic oxidation sites excluding steroid dienone is 1. The Labute approximate surface area is 168 Å². The number of amides is 1. The molecule has 0 aromatic rings. The second-order valence-electron chi connectivity index (χ2n) is 6.19. The lowest BCUT2D eigenvalue weighted by Crippen LogP contribution is -2.35. The first-order chi connectivity index (χ1) is 13.4. The summed E-state index contributed by atoms with van der Waals surface area (Å²) in [5.74, 6) is -0.260. The summed E-state index contributed by atoms with van der Waals surface area (Å²) in [6.45, 7) is 13.5. The largest absolute Gasteiger partial charge is 0.387 e. The van der Waals surface area contributed by atoms with Crippen LogP contribution in [0.25, 0.3) is 0 Å². The van der Waals surface area contributed by atoms with E-state index in [2.05, 4.69) is 17.2 Å². The first-order valence-electron chi connectivity index (χ1n) is 9.64. The summed E-state index contributed by atoms with van der Waals surface area (Å²) >= 11 is 0. The molecule has 28 heavy (non-hydrogen) atoms. The molecule has 0 aliphatic heterocycles. The average Bonchev–Trinajstić information content (AvgIpc) is 2.65. The molecule has 0 saturated carbocycles. The van der Waals surface area contributed by atoms with Crippen molar-refractivity contribution >= 4 is 5.91 Å². The van der Waals surface area contributed by atoms with E-state index in [1.807, 2.05) is 6.92 Å². The second kappa shape index (κ2) is 19.1. The molecular weight excluding hydrogens is 371 g/mol. The van der Waals surface area contributed by atoms with Crippen molar-refractivity contribution in [1.82, 2.24) is 10.6 Å². The Morgan fingerprint density at radius 1 is 0.857 bits per heavy atom. The monoisotopic (exact) mass is 408 g/mol. The first-order valence-corrected chi connectivity index (χ1v) is 9.64. The van der Waals surface area contributed by atoms with Crippen molar-refractivity contribution in [3.8, 4) is 0 Å². The van der Waals surface area contributed by atoms with Gasteiger partial charge in [0.2, 0.25) is 5.91 Å². The van der Waals surface area contributed by atoms with E-state index in [9.17, 15) is 9.18 Å². The second-order valence-corrected chi connectivity index (χ2v) is 6.19. The van der Waals surface area contributed by atoms with Crippen LogP contribution < -0.4 is 10.6 Å². The number of hydrogen-bond donors (Lipinski definition) is 2. The lowest BCUT2D eigenvalue weighted by atomic mass is 10.2. The predicted molar refractivity (Wildman–Crippen MR) is 105 cm³/mol. The topological polar surface area (TPSA) is 87.3 Å². The van der Waals surface area contributed by atoms with Crippen LogP contribution in [-0.2, 0) is 28.5 Å². The summed E-state index contributed by atoms with van der Waals surface area (Å²) in [4.78, 5) is 10.7. The summed E-state index contributed by atoms with van der Waals surface area (Å²) in [7, 11) is 0. The molecule has 0 aromatic carbocycles. The molecule has 2 atom stereocenters. The minimum Gasteiger partial charge on any atom is -0.387 e. The van der Waals surface area contributed by atoms with Gasteiger partial charge in [0.1, 0.15) is 6.17 Å². The van der Waals surface area contributed by atoms with Gasteiger partial charge in [-0.25, -0.2) is 4.39 Å². The van der Waals surface area contributed by atoms with E-state index in [1.54, 1.807) is 6.92 Å². The third-order valence-electron chi connectivity index (χ3n) is 3.45. The van der Waals surface area contributed by atoms with Crippen LogP contribution in [0.15, 0.2) is 12.3 Å². The number of carbonyl (C=O) groups is 1. The summed E-state index contributed by atoms with van der Waals surface area (Å²) in [6, 6.07) is 0. The van der Waals surface area contributed by atoms with Crippen LogP contribution in [0.4, 0.5) is 4.39 Å². The van der Waals surface area contributed by atoms with E-state index >= 15 is 0 Å². The summed E-state index contributed by atoms with van der Waals surface area (Å²) in [5.41, 5.74) is 0.926. The SMILES string of the molecule is C=C(C)NCCOCCOCCOCCOCCOC(C)C(F)CNC(C)=O. The zero-order chi connectivity index (χ0) is 21.0. The van der Waals surface area contributed by atoms with E-state index in [0.717, 1.165) is 12.2 Å². The molecule has 9 heteroatoms. The molecule has 0 bridgehead atoms. The van der Waals surface area contributed by atoms with Crippen molar-refractivity contribution in [3.05, 3.63) is 12.3 Å². The fraction of sp³-hybridized carbons (Fsp3) is 0.842. The highest BCUT2D eigenvalue weighted by Crippen LogP contribution is 2.02. The molecule has 8 nitrogen and oxygen atoms in total. The van der Waals surface area contributed by atoms with Crippen LogP contribution in [0.3, 0.4) is 0 Å². The van der Waals surface area contributed by atoms with Crippen molar-refractivity contribution in [1.29, 1.82) is 0 Å². The van der Waals surface area contributed by atoms with Crippen molar-refractivity contribution in [3.63, 3.8) is 0 Å². The van der Waals surface area contributed by atoms with Crippen LogP contribution in [-0.4, -0.2) is 90.7 Å². The van der Waals surface area contributed by atoms with Crippen LogP contribution in [0.2, 0.25) is 0 Å². The standard InChI is InChI=1S/C19H37FN2O6/c1-16(2)21-5-6-24-7-8-25-9-10-26-11-12-27-13-14-28-17(3)19(20)15-22-18(4)23/h17,19,21H,1,5-15H2,2-4H3,(H,22,23). The lowest BCUT2D eigenvalue weighted by Gasteiger charge is -2.17. The summed E-state index contributed by atoms with van der Waals surface area (Å²) < 4.78 is 40.4. The van der Waals surface area contributed by atoms with Gasteiger partial charge >= 0.3 is 0 Å². The van der Waals surface area contributed by atoms with Gasteiger partial charge in [0.05, 0.1) is 72.1 Å². The molecule has 0 aromatic heterocycles. The number of halogens is 1. The molecule has 0 rings (SSSR count).